The van der Waals surface area contributed by atoms with E-state index in [1.165, 1.54) is 0 Å². The van der Waals surface area contributed by atoms with Gasteiger partial charge in [-0.3, -0.25) is 9.13 Å². The van der Waals surface area contributed by atoms with E-state index in [4.69, 9.17) is 30.9 Å². The lowest BCUT2D eigenvalue weighted by Gasteiger charge is -2.34. The minimum Gasteiger partial charge on any atom is -0.309 e. The maximum atomic E-state index is 13.3. The van der Waals surface area contributed by atoms with E-state index in [0.717, 1.165) is 33.4 Å². The van der Waals surface area contributed by atoms with Gasteiger partial charge in [-0.05, 0) is 99.9 Å². The maximum Gasteiger partial charge on any atom is 0.330 e. The van der Waals surface area contributed by atoms with Crippen molar-refractivity contribution in [3.63, 3.8) is 0 Å². The minimum absolute atomic E-state index is 0.293. The van der Waals surface area contributed by atoms with Gasteiger partial charge in [0, 0.05) is 16.5 Å². The molecule has 0 amide bonds. The Kier molecular flexibility index (Phi) is 11.2. The second-order valence-corrected chi connectivity index (χ2v) is 13.8. The van der Waals surface area contributed by atoms with Crippen molar-refractivity contribution in [2.75, 3.05) is 38.8 Å². The first kappa shape index (κ1) is 31.4. The van der Waals surface area contributed by atoms with Gasteiger partial charge in [0.25, 0.3) is 0 Å². The summed E-state index contributed by atoms with van der Waals surface area (Å²) in [7, 11) is -6.45. The summed E-state index contributed by atoms with van der Waals surface area (Å²) in [5.41, 5.74) is 5.49. The van der Waals surface area contributed by atoms with Gasteiger partial charge in [0.1, 0.15) is 0 Å². The average molecular weight is 571 g/mol. The third-order valence-corrected chi connectivity index (χ3v) is 11.4. The van der Waals surface area contributed by atoms with Gasteiger partial charge in [0.15, 0.2) is 0 Å². The van der Waals surface area contributed by atoms with Crippen LogP contribution in [0.15, 0.2) is 36.4 Å². The summed E-state index contributed by atoms with van der Waals surface area (Å²) >= 11 is 0. The maximum absolute atomic E-state index is 13.3. The fourth-order valence-corrected chi connectivity index (χ4v) is 8.94. The molecule has 0 bridgehead atoms. The molecule has 0 atom stereocenters. The zero-order valence-electron chi connectivity index (χ0n) is 23.5. The number of hydrogen-bond acceptors (Lipinski definition) is 6. The Morgan fingerprint density at radius 2 is 1.03 bits per heavy atom. The van der Waals surface area contributed by atoms with Gasteiger partial charge in [0.2, 0.25) is 0 Å². The molecular formula is C31H40O6P2. The van der Waals surface area contributed by atoms with Gasteiger partial charge in [-0.1, -0.05) is 24.0 Å². The van der Waals surface area contributed by atoms with Crippen molar-refractivity contribution in [1.82, 2.24) is 0 Å². The van der Waals surface area contributed by atoms with Crippen LogP contribution in [0.2, 0.25) is 0 Å². The molecule has 0 spiro atoms. The molecule has 0 saturated heterocycles. The van der Waals surface area contributed by atoms with Gasteiger partial charge >= 0.3 is 15.2 Å². The molecule has 0 N–H and O–H groups in total. The largest absolute Gasteiger partial charge is 0.330 e. The summed E-state index contributed by atoms with van der Waals surface area (Å²) in [5, 5.41) is 0. The van der Waals surface area contributed by atoms with Crippen LogP contribution in [0.25, 0.3) is 11.1 Å². The van der Waals surface area contributed by atoms with Gasteiger partial charge in [0.05, 0.1) is 38.8 Å². The van der Waals surface area contributed by atoms with Crippen LogP contribution < -0.4 is 0 Å². The summed E-state index contributed by atoms with van der Waals surface area (Å²) < 4.78 is 48.9. The van der Waals surface area contributed by atoms with Crippen LogP contribution in [0.1, 0.15) is 75.6 Å². The van der Waals surface area contributed by atoms with Gasteiger partial charge in [-0.15, -0.1) is 12.8 Å². The van der Waals surface area contributed by atoms with E-state index in [-0.39, 0.29) is 0 Å². The quantitative estimate of drug-likeness (QED) is 0.150. The molecule has 39 heavy (non-hydrogen) atoms. The highest BCUT2D eigenvalue weighted by atomic mass is 31.2. The highest BCUT2D eigenvalue weighted by Gasteiger charge is 2.43. The van der Waals surface area contributed by atoms with Crippen LogP contribution in [-0.4, -0.2) is 38.8 Å². The normalized spacial score (nSPS) is 13.9. The molecule has 1 aliphatic rings. The molecule has 0 aromatic heterocycles. The van der Waals surface area contributed by atoms with Crippen molar-refractivity contribution in [2.45, 2.75) is 58.8 Å². The van der Waals surface area contributed by atoms with Gasteiger partial charge in [-0.25, -0.2) is 0 Å². The van der Waals surface area contributed by atoms with Crippen molar-refractivity contribution in [3.05, 3.63) is 58.7 Å². The Morgan fingerprint density at radius 3 is 1.33 bits per heavy atom. The average Bonchev–Trinajstić information content (AvgIpc) is 3.17. The second kappa shape index (κ2) is 14.0. The molecule has 6 nitrogen and oxygen atoms in total. The Balaban J connectivity index is 2.07. The standard InChI is InChI=1S/C31H40O6P2/c1-7-25-15-17-27-28-18-16-26(8-2)24-30(28)31(29(27)23-25,19-13-21-38(32,34-9-3)35-10-4)20-14-22-39(33,36-11-5)37-12-6/h1-2,15-18,23-24H,9-14,19-22H2,3-6H3. The van der Waals surface area contributed by atoms with E-state index in [1.54, 1.807) is 0 Å². The zero-order chi connectivity index (χ0) is 28.5. The van der Waals surface area contributed by atoms with Crippen LogP contribution in [0.4, 0.5) is 0 Å². The molecule has 0 unspecified atom stereocenters. The van der Waals surface area contributed by atoms with Crippen molar-refractivity contribution in [2.24, 2.45) is 0 Å². The van der Waals surface area contributed by atoms with Crippen LogP contribution in [0, 0.1) is 24.7 Å². The number of hydrogen-bond donors (Lipinski definition) is 0. The molecular weight excluding hydrogens is 530 g/mol. The molecule has 210 valence electrons. The summed E-state index contributed by atoms with van der Waals surface area (Å²) in [6, 6.07) is 12.2. The summed E-state index contributed by atoms with van der Waals surface area (Å²) in [5.74, 6) is 5.54. The van der Waals surface area contributed by atoms with E-state index in [2.05, 4.69) is 36.1 Å². The first-order valence-electron chi connectivity index (χ1n) is 13.7. The lowest BCUT2D eigenvalue weighted by atomic mass is 9.71. The third-order valence-electron chi connectivity index (χ3n) is 7.07. The van der Waals surface area contributed by atoms with Crippen LogP contribution >= 0.6 is 15.2 Å². The molecule has 3 rings (SSSR count). The topological polar surface area (TPSA) is 71.1 Å². The lowest BCUT2D eigenvalue weighted by Crippen LogP contribution is -2.27. The molecule has 0 saturated carbocycles. The van der Waals surface area contributed by atoms with E-state index in [9.17, 15) is 9.13 Å². The van der Waals surface area contributed by atoms with E-state index in [1.807, 2.05) is 39.8 Å². The van der Waals surface area contributed by atoms with Crippen molar-refractivity contribution in [1.29, 1.82) is 0 Å². The monoisotopic (exact) mass is 570 g/mol. The molecule has 0 heterocycles. The molecule has 2 aromatic rings. The Hall–Kier alpha value is -2.14. The van der Waals surface area contributed by atoms with Gasteiger partial charge < -0.3 is 18.1 Å². The zero-order valence-corrected chi connectivity index (χ0v) is 25.3. The van der Waals surface area contributed by atoms with Crippen molar-refractivity contribution >= 4 is 15.2 Å². The summed E-state index contributed by atoms with van der Waals surface area (Å²) in [6.07, 6.45) is 14.7. The number of benzene rings is 2. The molecule has 2 aromatic carbocycles. The molecule has 0 fully saturated rings. The highest BCUT2D eigenvalue weighted by molar-refractivity contribution is 7.54. The Labute approximate surface area is 234 Å². The van der Waals surface area contributed by atoms with Crippen LogP contribution in [0.3, 0.4) is 0 Å². The second-order valence-electron chi connectivity index (χ2n) is 9.44. The van der Waals surface area contributed by atoms with Crippen LogP contribution in [-0.2, 0) is 32.6 Å². The van der Waals surface area contributed by atoms with E-state index < -0.39 is 20.6 Å². The highest BCUT2D eigenvalue weighted by Crippen LogP contribution is 2.57. The molecule has 1 aliphatic carbocycles. The fraction of sp³-hybridized carbons (Fsp3) is 0.484. The number of terminal acetylenes is 2. The predicted molar refractivity (Wildman–Crippen MR) is 158 cm³/mol. The van der Waals surface area contributed by atoms with E-state index >= 15 is 0 Å². The first-order valence-corrected chi connectivity index (χ1v) is 17.2. The molecule has 0 aliphatic heterocycles. The fourth-order valence-electron chi connectivity index (χ4n) is 5.61. The van der Waals surface area contributed by atoms with Crippen LogP contribution in [0.5, 0.6) is 0 Å². The smallest absolute Gasteiger partial charge is 0.309 e. The van der Waals surface area contributed by atoms with E-state index in [0.29, 0.717) is 64.4 Å². The Bertz CT molecular complexity index is 1200. The SMILES string of the molecule is C#Cc1ccc2c(c1)C(CCCP(=O)(OCC)OCC)(CCCP(=O)(OCC)OCC)c1cc(C#C)ccc1-2. The Morgan fingerprint density at radius 1 is 0.667 bits per heavy atom. The third kappa shape index (κ3) is 7.14. The minimum atomic E-state index is -3.23. The summed E-state index contributed by atoms with van der Waals surface area (Å²) in [6.45, 7) is 8.51. The lowest BCUT2D eigenvalue weighted by molar-refractivity contribution is 0.218. The van der Waals surface area contributed by atoms with Crippen molar-refractivity contribution in [3.8, 4) is 35.8 Å². The summed E-state index contributed by atoms with van der Waals surface area (Å²) in [4.78, 5) is 0. The molecule has 8 heteroatoms. The predicted octanol–water partition coefficient (Wildman–Crippen LogP) is 8.01. The van der Waals surface area contributed by atoms with Gasteiger partial charge in [-0.2, -0.15) is 0 Å². The van der Waals surface area contributed by atoms with Crippen molar-refractivity contribution < 1.29 is 27.2 Å². The number of fused-ring (bicyclic) bond motifs is 3. The first-order chi connectivity index (χ1) is 18.7. The number of rotatable bonds is 16. The molecule has 0 radical (unpaired) electrons.